The van der Waals surface area contributed by atoms with Crippen molar-refractivity contribution in [1.82, 2.24) is 9.80 Å². The lowest BCUT2D eigenvalue weighted by atomic mass is 9.48. The quantitative estimate of drug-likeness (QED) is 0.167. The van der Waals surface area contributed by atoms with E-state index in [4.69, 9.17) is 9.47 Å². The van der Waals surface area contributed by atoms with Gasteiger partial charge in [-0.3, -0.25) is 14.5 Å². The second kappa shape index (κ2) is 13.1. The molecule has 2 bridgehead atoms. The van der Waals surface area contributed by atoms with Crippen LogP contribution in [0.3, 0.4) is 0 Å². The molecule has 0 aromatic heterocycles. The van der Waals surface area contributed by atoms with Crippen molar-refractivity contribution in [2.45, 2.75) is 88.4 Å². The molecule has 7 rings (SSSR count). The van der Waals surface area contributed by atoms with E-state index in [1.54, 1.807) is 6.07 Å². The SMILES string of the molecule is CC(=O)O[C@@]12CC[C@H](N(CC(C)C)C(=O)C=Cc3cccc(OC(F)(F)F)c3)[C@@H]3Oc4cccc5c4[C@@]31CCN(CCc1ccccc1)[C@@H]2C5. The number of rotatable bonds is 10. The lowest BCUT2D eigenvalue weighted by Gasteiger charge is -2.65. The summed E-state index contributed by atoms with van der Waals surface area (Å²) in [7, 11) is 0. The number of alkyl halides is 3. The average molecular weight is 689 g/mol. The molecular weight excluding hydrogens is 645 g/mol. The fourth-order valence-corrected chi connectivity index (χ4v) is 9.37. The molecule has 5 atom stereocenters. The van der Waals surface area contributed by atoms with E-state index in [9.17, 15) is 22.8 Å². The minimum absolute atomic E-state index is 0.0582. The molecule has 10 heteroatoms. The van der Waals surface area contributed by atoms with E-state index < -0.39 is 23.5 Å². The number of benzene rings is 3. The number of ether oxygens (including phenoxy) is 3. The topological polar surface area (TPSA) is 68.3 Å². The van der Waals surface area contributed by atoms with Crippen LogP contribution in [-0.4, -0.2) is 71.5 Å². The van der Waals surface area contributed by atoms with E-state index in [1.807, 2.05) is 23.1 Å². The summed E-state index contributed by atoms with van der Waals surface area (Å²) in [5.74, 6) is -0.00384. The number of likely N-dealkylation sites (tertiary alicyclic amines) is 1. The first-order valence-electron chi connectivity index (χ1n) is 17.5. The summed E-state index contributed by atoms with van der Waals surface area (Å²) in [6.07, 6.45) is 1.13. The number of esters is 1. The molecule has 3 aromatic rings. The molecule has 2 heterocycles. The van der Waals surface area contributed by atoms with Crippen LogP contribution in [0.5, 0.6) is 11.5 Å². The van der Waals surface area contributed by atoms with Gasteiger partial charge in [0.15, 0.2) is 0 Å². The minimum atomic E-state index is -4.82. The maximum Gasteiger partial charge on any atom is 0.573 e. The number of halogens is 3. The maximum absolute atomic E-state index is 14.2. The number of hydrogen-bond donors (Lipinski definition) is 0. The Kier molecular flexibility index (Phi) is 8.95. The van der Waals surface area contributed by atoms with E-state index in [0.717, 1.165) is 37.2 Å². The van der Waals surface area contributed by atoms with Gasteiger partial charge < -0.3 is 19.1 Å². The second-order valence-corrected chi connectivity index (χ2v) is 14.5. The molecule has 0 N–H and O–H groups in total. The summed E-state index contributed by atoms with van der Waals surface area (Å²) in [4.78, 5) is 31.6. The minimum Gasteiger partial charge on any atom is -0.487 e. The number of hydrogen-bond acceptors (Lipinski definition) is 6. The zero-order chi connectivity index (χ0) is 35.3. The van der Waals surface area contributed by atoms with Crippen molar-refractivity contribution < 1.29 is 37.0 Å². The molecule has 1 saturated heterocycles. The summed E-state index contributed by atoms with van der Waals surface area (Å²) in [5.41, 5.74) is 2.49. The summed E-state index contributed by atoms with van der Waals surface area (Å²) in [6, 6.07) is 21.8. The van der Waals surface area contributed by atoms with Crippen LogP contribution in [0.15, 0.2) is 78.9 Å². The molecule has 1 saturated carbocycles. The van der Waals surface area contributed by atoms with Gasteiger partial charge in [-0.15, -0.1) is 13.2 Å². The first-order chi connectivity index (χ1) is 23.9. The number of amides is 1. The molecule has 4 aliphatic rings. The van der Waals surface area contributed by atoms with Crippen LogP contribution >= 0.6 is 0 Å². The standard InChI is InChI=1S/C40H43F3N2O5/c1-26(2)25-45(35(47)16-15-29-11-7-13-31(23-29)50-40(41,42)43)32-17-19-39(49-27(3)46)34-24-30-12-8-14-33-36(30)38(39,37(32)48-33)20-22-44(34)21-18-28-9-5-4-6-10-28/h4-16,23,26,32,34,37H,17-22,24-25H2,1-3H3/t32-,34+,37-,38-,39+/m0/s1. The Hall–Kier alpha value is -4.31. The fourth-order valence-electron chi connectivity index (χ4n) is 9.37. The van der Waals surface area contributed by atoms with Crippen molar-refractivity contribution in [3.8, 4) is 11.5 Å². The van der Waals surface area contributed by atoms with Crippen molar-refractivity contribution in [2.75, 3.05) is 19.6 Å². The van der Waals surface area contributed by atoms with Gasteiger partial charge in [0, 0.05) is 31.7 Å². The predicted molar refractivity (Wildman–Crippen MR) is 183 cm³/mol. The van der Waals surface area contributed by atoms with Crippen molar-refractivity contribution >= 4 is 18.0 Å². The Bertz CT molecular complexity index is 1780. The molecule has 264 valence electrons. The van der Waals surface area contributed by atoms with Crippen LogP contribution in [0.2, 0.25) is 0 Å². The van der Waals surface area contributed by atoms with Gasteiger partial charge in [-0.25, -0.2) is 0 Å². The zero-order valence-electron chi connectivity index (χ0n) is 28.6. The molecule has 3 aromatic carbocycles. The normalized spacial score (nSPS) is 26.7. The van der Waals surface area contributed by atoms with Crippen LogP contribution in [0.25, 0.3) is 6.08 Å². The van der Waals surface area contributed by atoms with E-state index in [1.165, 1.54) is 48.4 Å². The second-order valence-electron chi connectivity index (χ2n) is 14.5. The van der Waals surface area contributed by atoms with Crippen molar-refractivity contribution in [1.29, 1.82) is 0 Å². The first kappa shape index (κ1) is 34.2. The van der Waals surface area contributed by atoms with Gasteiger partial charge in [-0.1, -0.05) is 68.4 Å². The fraction of sp³-hybridized carbons (Fsp3) is 0.450. The Morgan fingerprint density at radius 3 is 2.58 bits per heavy atom. The highest BCUT2D eigenvalue weighted by Crippen LogP contribution is 2.65. The summed E-state index contributed by atoms with van der Waals surface area (Å²) < 4.78 is 56.2. The largest absolute Gasteiger partial charge is 0.573 e. The molecule has 2 aliphatic heterocycles. The van der Waals surface area contributed by atoms with Crippen LogP contribution in [0.4, 0.5) is 13.2 Å². The molecule has 1 amide bonds. The number of carbonyl (C=O) groups excluding carboxylic acids is 2. The number of carbonyl (C=O) groups is 2. The van der Waals surface area contributed by atoms with E-state index >= 15 is 0 Å². The summed E-state index contributed by atoms with van der Waals surface area (Å²) in [6.45, 7) is 7.68. The van der Waals surface area contributed by atoms with Gasteiger partial charge >= 0.3 is 12.3 Å². The van der Waals surface area contributed by atoms with Gasteiger partial charge in [0.05, 0.1) is 17.5 Å². The smallest absolute Gasteiger partial charge is 0.487 e. The molecule has 1 spiro atoms. The van der Waals surface area contributed by atoms with Crippen LogP contribution < -0.4 is 9.47 Å². The monoisotopic (exact) mass is 688 g/mol. The molecule has 0 radical (unpaired) electrons. The average Bonchev–Trinajstić information content (AvgIpc) is 3.40. The van der Waals surface area contributed by atoms with Gasteiger partial charge in [0.25, 0.3) is 0 Å². The molecule has 7 nitrogen and oxygen atoms in total. The van der Waals surface area contributed by atoms with Gasteiger partial charge in [0.1, 0.15) is 23.2 Å². The molecule has 50 heavy (non-hydrogen) atoms. The van der Waals surface area contributed by atoms with Crippen molar-refractivity contribution in [3.63, 3.8) is 0 Å². The molecule has 2 aliphatic carbocycles. The Balaban J connectivity index is 1.24. The maximum atomic E-state index is 14.2. The molecule has 2 fully saturated rings. The van der Waals surface area contributed by atoms with E-state index in [-0.39, 0.29) is 35.6 Å². The Labute approximate surface area is 291 Å². The van der Waals surface area contributed by atoms with Gasteiger partial charge in [-0.05, 0) is 85.5 Å². The highest BCUT2D eigenvalue weighted by atomic mass is 19.4. The lowest BCUT2D eigenvalue weighted by Crippen LogP contribution is -2.79. The van der Waals surface area contributed by atoms with Crippen LogP contribution in [0.1, 0.15) is 62.3 Å². The molecular formula is C40H43F3N2O5. The van der Waals surface area contributed by atoms with E-state index in [2.05, 4.69) is 53.8 Å². The third kappa shape index (κ3) is 6.05. The van der Waals surface area contributed by atoms with E-state index in [0.29, 0.717) is 31.4 Å². The van der Waals surface area contributed by atoms with Crippen LogP contribution in [0, 0.1) is 5.92 Å². The Morgan fingerprint density at radius 2 is 1.84 bits per heavy atom. The lowest BCUT2D eigenvalue weighted by molar-refractivity contribution is -0.274. The van der Waals surface area contributed by atoms with Gasteiger partial charge in [-0.2, -0.15) is 0 Å². The molecule has 0 unspecified atom stereocenters. The van der Waals surface area contributed by atoms with Crippen LogP contribution in [-0.2, 0) is 32.6 Å². The summed E-state index contributed by atoms with van der Waals surface area (Å²) in [5, 5.41) is 0. The van der Waals surface area contributed by atoms with Crippen molar-refractivity contribution in [2.24, 2.45) is 5.92 Å². The highest BCUT2D eigenvalue weighted by molar-refractivity contribution is 5.92. The number of nitrogens with zero attached hydrogens (tertiary/aromatic N) is 2. The third-order valence-corrected chi connectivity index (χ3v) is 11.0. The zero-order valence-corrected chi connectivity index (χ0v) is 28.6. The van der Waals surface area contributed by atoms with Crippen molar-refractivity contribution in [3.05, 3.63) is 101 Å². The highest BCUT2D eigenvalue weighted by Gasteiger charge is 2.75. The third-order valence-electron chi connectivity index (χ3n) is 11.0. The summed E-state index contributed by atoms with van der Waals surface area (Å²) >= 11 is 0. The van der Waals surface area contributed by atoms with Gasteiger partial charge in [0.2, 0.25) is 5.91 Å². The predicted octanol–water partition coefficient (Wildman–Crippen LogP) is 7.12. The Morgan fingerprint density at radius 1 is 1.06 bits per heavy atom. The first-order valence-corrected chi connectivity index (χ1v) is 17.5. The number of piperidine rings is 1.